The molecule has 6 heteroatoms. The van der Waals surface area contributed by atoms with Crippen LogP contribution in [-0.2, 0) is 17.8 Å². The molecular formula is C22H23FN4O. The van der Waals surface area contributed by atoms with Crippen LogP contribution in [0.1, 0.15) is 17.5 Å². The second kappa shape index (κ2) is 8.35. The van der Waals surface area contributed by atoms with Crippen molar-refractivity contribution in [2.24, 2.45) is 0 Å². The summed E-state index contributed by atoms with van der Waals surface area (Å²) < 4.78 is 14.8. The number of hydrogen-bond donors (Lipinski definition) is 1. The van der Waals surface area contributed by atoms with Crippen LogP contribution >= 0.6 is 0 Å². The van der Waals surface area contributed by atoms with Gasteiger partial charge >= 0.3 is 0 Å². The van der Waals surface area contributed by atoms with Crippen molar-refractivity contribution in [1.29, 1.82) is 0 Å². The number of hydrogen-bond acceptors (Lipinski definition) is 3. The molecule has 1 aromatic heterocycles. The van der Waals surface area contributed by atoms with E-state index in [9.17, 15) is 9.18 Å². The lowest BCUT2D eigenvalue weighted by Gasteiger charge is -2.17. The Balaban J connectivity index is 1.25. The molecule has 144 valence electrons. The Kier molecular flexibility index (Phi) is 5.48. The molecule has 0 spiro atoms. The van der Waals surface area contributed by atoms with E-state index < -0.39 is 0 Å². The first-order chi connectivity index (χ1) is 13.7. The Labute approximate surface area is 163 Å². The summed E-state index contributed by atoms with van der Waals surface area (Å²) in [7, 11) is 0. The van der Waals surface area contributed by atoms with Gasteiger partial charge in [-0.15, -0.1) is 0 Å². The molecular weight excluding hydrogens is 355 g/mol. The lowest BCUT2D eigenvalue weighted by Crippen LogP contribution is -2.33. The summed E-state index contributed by atoms with van der Waals surface area (Å²) in [5.74, 6) is -0.0587. The Morgan fingerprint density at radius 2 is 1.82 bits per heavy atom. The molecule has 1 N–H and O–H groups in total. The number of carbonyl (C=O) groups is 1. The summed E-state index contributed by atoms with van der Waals surface area (Å²) in [6.07, 6.45) is 4.94. The molecule has 2 aromatic carbocycles. The Morgan fingerprint density at radius 1 is 1.07 bits per heavy atom. The highest BCUT2D eigenvalue weighted by atomic mass is 19.1. The lowest BCUT2D eigenvalue weighted by molar-refractivity contribution is -0.127. The molecule has 0 saturated carbocycles. The van der Waals surface area contributed by atoms with E-state index in [1.807, 2.05) is 34.0 Å². The smallest absolute Gasteiger partial charge is 0.224 e. The van der Waals surface area contributed by atoms with Gasteiger partial charge < -0.3 is 10.2 Å². The fourth-order valence-electron chi connectivity index (χ4n) is 3.49. The van der Waals surface area contributed by atoms with Gasteiger partial charge in [-0.05, 0) is 47.9 Å². The van der Waals surface area contributed by atoms with Gasteiger partial charge in [-0.2, -0.15) is 5.10 Å². The highest BCUT2D eigenvalue weighted by Crippen LogP contribution is 2.14. The Bertz CT molecular complexity index is 907. The van der Waals surface area contributed by atoms with E-state index in [0.717, 1.165) is 24.2 Å². The molecule has 4 rings (SSSR count). The zero-order valence-corrected chi connectivity index (χ0v) is 15.6. The monoisotopic (exact) mass is 378 g/mol. The first kappa shape index (κ1) is 18.4. The van der Waals surface area contributed by atoms with Crippen molar-refractivity contribution in [2.75, 3.05) is 13.1 Å². The van der Waals surface area contributed by atoms with Crippen molar-refractivity contribution in [1.82, 2.24) is 20.0 Å². The molecule has 1 atom stereocenters. The van der Waals surface area contributed by atoms with Crippen LogP contribution in [0.3, 0.4) is 0 Å². The fourth-order valence-corrected chi connectivity index (χ4v) is 3.49. The summed E-state index contributed by atoms with van der Waals surface area (Å²) in [6, 6.07) is 16.8. The zero-order chi connectivity index (χ0) is 19.3. The first-order valence-electron chi connectivity index (χ1n) is 9.52. The standard InChI is InChI=1S/C22H23FN4O/c23-19-6-2-17(3-7-19)10-13-26-16-20(14-22(26)28)24-15-18-4-8-21(9-5-18)27-12-1-11-25-27/h1-9,11-12,20,24H,10,13-16H2/t20-/m1/s1. The quantitative estimate of drug-likeness (QED) is 0.688. The number of carbonyl (C=O) groups excluding carboxylic acids is 1. The normalized spacial score (nSPS) is 16.7. The van der Waals surface area contributed by atoms with Gasteiger partial charge in [0.25, 0.3) is 0 Å². The average Bonchev–Trinajstić information content (AvgIpc) is 3.36. The molecule has 5 nitrogen and oxygen atoms in total. The second-order valence-electron chi connectivity index (χ2n) is 7.12. The maximum absolute atomic E-state index is 13.0. The third-order valence-corrected chi connectivity index (χ3v) is 5.10. The van der Waals surface area contributed by atoms with E-state index in [1.165, 1.54) is 17.7 Å². The minimum absolute atomic E-state index is 0.159. The Hall–Kier alpha value is -2.99. The van der Waals surface area contributed by atoms with Crippen LogP contribution in [0.4, 0.5) is 4.39 Å². The van der Waals surface area contributed by atoms with Crippen LogP contribution in [0.5, 0.6) is 0 Å². The molecule has 1 fully saturated rings. The van der Waals surface area contributed by atoms with Gasteiger partial charge in [0.05, 0.1) is 5.69 Å². The van der Waals surface area contributed by atoms with E-state index in [0.29, 0.717) is 19.5 Å². The van der Waals surface area contributed by atoms with E-state index in [1.54, 1.807) is 18.3 Å². The predicted octanol–water partition coefficient (Wildman–Crippen LogP) is 2.94. The van der Waals surface area contributed by atoms with E-state index in [4.69, 9.17) is 0 Å². The highest BCUT2D eigenvalue weighted by molar-refractivity contribution is 5.79. The molecule has 1 aliphatic rings. The van der Waals surface area contributed by atoms with Gasteiger partial charge in [-0.1, -0.05) is 24.3 Å². The van der Waals surface area contributed by atoms with Crippen LogP contribution < -0.4 is 5.32 Å². The lowest BCUT2D eigenvalue weighted by atomic mass is 10.1. The van der Waals surface area contributed by atoms with Crippen molar-refractivity contribution in [3.63, 3.8) is 0 Å². The van der Waals surface area contributed by atoms with Gasteiger partial charge in [0.1, 0.15) is 5.82 Å². The van der Waals surface area contributed by atoms with Crippen LogP contribution in [0.2, 0.25) is 0 Å². The number of likely N-dealkylation sites (tertiary alicyclic amines) is 1. The number of halogens is 1. The molecule has 3 aromatic rings. The van der Waals surface area contributed by atoms with Crippen molar-refractivity contribution >= 4 is 5.91 Å². The van der Waals surface area contributed by atoms with Crippen molar-refractivity contribution in [3.8, 4) is 5.69 Å². The van der Waals surface area contributed by atoms with Crippen LogP contribution in [0.15, 0.2) is 67.0 Å². The molecule has 1 aliphatic heterocycles. The summed E-state index contributed by atoms with van der Waals surface area (Å²) in [4.78, 5) is 14.2. The van der Waals surface area contributed by atoms with E-state index in [2.05, 4.69) is 22.5 Å². The Morgan fingerprint density at radius 3 is 2.54 bits per heavy atom. The van der Waals surface area contributed by atoms with Crippen molar-refractivity contribution < 1.29 is 9.18 Å². The number of aromatic nitrogens is 2. The molecule has 28 heavy (non-hydrogen) atoms. The minimum atomic E-state index is -0.233. The first-order valence-corrected chi connectivity index (χ1v) is 9.52. The molecule has 0 bridgehead atoms. The number of rotatable bonds is 7. The van der Waals surface area contributed by atoms with Crippen molar-refractivity contribution in [2.45, 2.75) is 25.4 Å². The van der Waals surface area contributed by atoms with Gasteiger partial charge in [-0.25, -0.2) is 9.07 Å². The summed E-state index contributed by atoms with van der Waals surface area (Å²) >= 11 is 0. The third kappa shape index (κ3) is 4.46. The van der Waals surface area contributed by atoms with Crippen LogP contribution in [-0.4, -0.2) is 39.7 Å². The topological polar surface area (TPSA) is 50.2 Å². The number of nitrogens with zero attached hydrogens (tertiary/aromatic N) is 3. The summed E-state index contributed by atoms with van der Waals surface area (Å²) in [5.41, 5.74) is 3.24. The van der Waals surface area contributed by atoms with E-state index in [-0.39, 0.29) is 17.8 Å². The highest BCUT2D eigenvalue weighted by Gasteiger charge is 2.28. The molecule has 0 aliphatic carbocycles. The largest absolute Gasteiger partial charge is 0.341 e. The SMILES string of the molecule is O=C1C[C@@H](NCc2ccc(-n3cccn3)cc2)CN1CCc1ccc(F)cc1. The predicted molar refractivity (Wildman–Crippen MR) is 105 cm³/mol. The summed E-state index contributed by atoms with van der Waals surface area (Å²) in [6.45, 7) is 2.11. The van der Waals surface area contributed by atoms with Gasteiger partial charge in [0, 0.05) is 44.5 Å². The van der Waals surface area contributed by atoms with Gasteiger partial charge in [0.2, 0.25) is 5.91 Å². The number of benzene rings is 2. The minimum Gasteiger partial charge on any atom is -0.341 e. The molecule has 2 heterocycles. The second-order valence-corrected chi connectivity index (χ2v) is 7.12. The average molecular weight is 378 g/mol. The van der Waals surface area contributed by atoms with Gasteiger partial charge in [0.15, 0.2) is 0 Å². The third-order valence-electron chi connectivity index (χ3n) is 5.10. The molecule has 0 unspecified atom stereocenters. The maximum atomic E-state index is 13.0. The molecule has 0 radical (unpaired) electrons. The van der Waals surface area contributed by atoms with Gasteiger partial charge in [-0.3, -0.25) is 4.79 Å². The van der Waals surface area contributed by atoms with Crippen LogP contribution in [0.25, 0.3) is 5.69 Å². The maximum Gasteiger partial charge on any atom is 0.224 e. The number of amides is 1. The molecule has 1 amide bonds. The fraction of sp³-hybridized carbons (Fsp3) is 0.273. The van der Waals surface area contributed by atoms with E-state index >= 15 is 0 Å². The number of nitrogens with one attached hydrogen (secondary N) is 1. The van der Waals surface area contributed by atoms with Crippen molar-refractivity contribution in [3.05, 3.63) is 83.9 Å². The zero-order valence-electron chi connectivity index (χ0n) is 15.6. The van der Waals surface area contributed by atoms with Crippen LogP contribution in [0, 0.1) is 5.82 Å². The summed E-state index contributed by atoms with van der Waals surface area (Å²) in [5, 5.41) is 7.71. The molecule has 1 saturated heterocycles.